The second-order valence-electron chi connectivity index (χ2n) is 3.51. The van der Waals surface area contributed by atoms with Gasteiger partial charge in [-0.05, 0) is 24.9 Å². The van der Waals surface area contributed by atoms with Crippen molar-refractivity contribution in [2.75, 3.05) is 13.6 Å². The second-order valence-corrected chi connectivity index (χ2v) is 3.51. The van der Waals surface area contributed by atoms with Crippen LogP contribution in [0.1, 0.15) is 13.8 Å². The summed E-state index contributed by atoms with van der Waals surface area (Å²) in [5.74, 6) is 0.697. The Morgan fingerprint density at radius 3 is 2.11 bits per heavy atom. The molecular formula is C7H16N2. The topological polar surface area (TPSA) is 38.0 Å². The highest BCUT2D eigenvalue weighted by Crippen LogP contribution is 2.49. The maximum absolute atomic E-state index is 5.79. The maximum Gasteiger partial charge on any atom is 0.0140 e. The molecule has 1 rings (SSSR count). The van der Waals surface area contributed by atoms with Gasteiger partial charge < -0.3 is 11.1 Å². The van der Waals surface area contributed by atoms with Gasteiger partial charge in [0.1, 0.15) is 0 Å². The fourth-order valence-corrected chi connectivity index (χ4v) is 1.40. The lowest BCUT2D eigenvalue weighted by atomic mass is 10.1. The van der Waals surface area contributed by atoms with Gasteiger partial charge in [0.25, 0.3) is 0 Å². The summed E-state index contributed by atoms with van der Waals surface area (Å²) in [7, 11) is 1.97. The van der Waals surface area contributed by atoms with E-state index in [9.17, 15) is 0 Å². The molecule has 0 aromatic rings. The fraction of sp³-hybridized carbons (Fsp3) is 1.00. The third-order valence-electron chi connectivity index (χ3n) is 2.56. The first kappa shape index (κ1) is 7.03. The van der Waals surface area contributed by atoms with Crippen molar-refractivity contribution >= 4 is 0 Å². The van der Waals surface area contributed by atoms with Crippen molar-refractivity contribution in [2.45, 2.75) is 19.9 Å². The van der Waals surface area contributed by atoms with Crippen LogP contribution in [0.25, 0.3) is 0 Å². The molecule has 1 saturated carbocycles. The van der Waals surface area contributed by atoms with E-state index in [0.29, 0.717) is 17.4 Å². The Morgan fingerprint density at radius 1 is 1.56 bits per heavy atom. The lowest BCUT2D eigenvalue weighted by Gasteiger charge is -1.98. The van der Waals surface area contributed by atoms with E-state index in [0.717, 1.165) is 6.54 Å². The predicted octanol–water partition coefficient (Wildman–Crippen LogP) is 0.189. The van der Waals surface area contributed by atoms with E-state index in [1.54, 1.807) is 0 Å². The number of nitrogens with one attached hydrogen (secondary N) is 1. The highest BCUT2D eigenvalue weighted by atomic mass is 14.9. The van der Waals surface area contributed by atoms with Crippen molar-refractivity contribution in [3.63, 3.8) is 0 Å². The van der Waals surface area contributed by atoms with Crippen LogP contribution in [0.3, 0.4) is 0 Å². The third-order valence-corrected chi connectivity index (χ3v) is 2.56. The average molecular weight is 128 g/mol. The van der Waals surface area contributed by atoms with E-state index in [2.05, 4.69) is 19.2 Å². The Labute approximate surface area is 56.8 Å². The molecule has 0 amide bonds. The van der Waals surface area contributed by atoms with Gasteiger partial charge in [-0.2, -0.15) is 0 Å². The summed E-state index contributed by atoms with van der Waals surface area (Å²) >= 11 is 0. The molecule has 0 spiro atoms. The molecule has 0 radical (unpaired) electrons. The van der Waals surface area contributed by atoms with Crippen LogP contribution >= 0.6 is 0 Å². The van der Waals surface area contributed by atoms with Gasteiger partial charge >= 0.3 is 0 Å². The van der Waals surface area contributed by atoms with Gasteiger partial charge in [0, 0.05) is 6.04 Å². The Balaban J connectivity index is 2.33. The van der Waals surface area contributed by atoms with E-state index in [1.807, 2.05) is 7.05 Å². The minimum Gasteiger partial charge on any atom is -0.327 e. The van der Waals surface area contributed by atoms with Crippen LogP contribution in [0, 0.1) is 11.3 Å². The summed E-state index contributed by atoms with van der Waals surface area (Å²) in [6, 6.07) is 0.421. The molecule has 2 heteroatoms. The largest absolute Gasteiger partial charge is 0.327 e. The third kappa shape index (κ3) is 0.970. The van der Waals surface area contributed by atoms with E-state index in [-0.39, 0.29) is 0 Å². The SMILES string of the molecule is CNCC1C(N)C1(C)C. The molecule has 2 nitrogen and oxygen atoms in total. The highest BCUT2D eigenvalue weighted by molar-refractivity contribution is 5.09. The van der Waals surface area contributed by atoms with E-state index in [1.165, 1.54) is 0 Å². The zero-order chi connectivity index (χ0) is 7.07. The molecule has 0 aliphatic heterocycles. The molecule has 2 unspecified atom stereocenters. The number of hydrogen-bond donors (Lipinski definition) is 2. The fourth-order valence-electron chi connectivity index (χ4n) is 1.40. The average Bonchev–Trinajstić information content (AvgIpc) is 2.19. The Hall–Kier alpha value is -0.0800. The van der Waals surface area contributed by atoms with Gasteiger partial charge in [-0.15, -0.1) is 0 Å². The first-order valence-corrected chi connectivity index (χ1v) is 3.51. The van der Waals surface area contributed by atoms with Crippen LogP contribution < -0.4 is 11.1 Å². The lowest BCUT2D eigenvalue weighted by molar-refractivity contribution is 0.536. The molecular weight excluding hydrogens is 112 g/mol. The molecule has 1 aliphatic carbocycles. The van der Waals surface area contributed by atoms with Crippen molar-refractivity contribution in [1.29, 1.82) is 0 Å². The molecule has 0 saturated heterocycles. The zero-order valence-corrected chi connectivity index (χ0v) is 6.44. The number of hydrogen-bond acceptors (Lipinski definition) is 2. The first-order chi connectivity index (χ1) is 4.10. The lowest BCUT2D eigenvalue weighted by Crippen LogP contribution is -2.14. The molecule has 1 fully saturated rings. The molecule has 3 N–H and O–H groups in total. The van der Waals surface area contributed by atoms with Gasteiger partial charge in [0.2, 0.25) is 0 Å². The summed E-state index contributed by atoms with van der Waals surface area (Å²) in [6.45, 7) is 5.51. The van der Waals surface area contributed by atoms with Gasteiger partial charge in [-0.1, -0.05) is 13.8 Å². The Bertz CT molecular complexity index is 109. The molecule has 1 aliphatic rings. The Morgan fingerprint density at radius 2 is 2.00 bits per heavy atom. The van der Waals surface area contributed by atoms with Gasteiger partial charge in [-0.3, -0.25) is 0 Å². The van der Waals surface area contributed by atoms with Crippen molar-refractivity contribution in [1.82, 2.24) is 5.32 Å². The van der Waals surface area contributed by atoms with E-state index >= 15 is 0 Å². The van der Waals surface area contributed by atoms with Crippen LogP contribution in [-0.2, 0) is 0 Å². The van der Waals surface area contributed by atoms with Crippen LogP contribution in [0.15, 0.2) is 0 Å². The summed E-state index contributed by atoms with van der Waals surface area (Å²) in [6.07, 6.45) is 0. The normalized spacial score (nSPS) is 38.7. The van der Waals surface area contributed by atoms with Gasteiger partial charge in [-0.25, -0.2) is 0 Å². The standard InChI is InChI=1S/C7H16N2/c1-7(2)5(4-9-3)6(7)8/h5-6,9H,4,8H2,1-3H3. The molecule has 0 aromatic heterocycles. The summed E-state index contributed by atoms with van der Waals surface area (Å²) < 4.78 is 0. The monoisotopic (exact) mass is 128 g/mol. The molecule has 9 heavy (non-hydrogen) atoms. The number of nitrogens with two attached hydrogens (primary N) is 1. The first-order valence-electron chi connectivity index (χ1n) is 3.51. The van der Waals surface area contributed by atoms with Crippen molar-refractivity contribution in [2.24, 2.45) is 17.1 Å². The molecule has 0 aromatic carbocycles. The van der Waals surface area contributed by atoms with Gasteiger partial charge in [0.05, 0.1) is 0 Å². The van der Waals surface area contributed by atoms with Crippen LogP contribution in [0.4, 0.5) is 0 Å². The molecule has 54 valence electrons. The summed E-state index contributed by atoms with van der Waals surface area (Å²) in [5, 5.41) is 3.14. The highest BCUT2D eigenvalue weighted by Gasteiger charge is 2.54. The second kappa shape index (κ2) is 1.96. The summed E-state index contributed by atoms with van der Waals surface area (Å²) in [4.78, 5) is 0. The molecule has 2 atom stereocenters. The molecule has 0 bridgehead atoms. The minimum atomic E-state index is 0.392. The number of rotatable bonds is 2. The van der Waals surface area contributed by atoms with Crippen LogP contribution in [-0.4, -0.2) is 19.6 Å². The van der Waals surface area contributed by atoms with Crippen molar-refractivity contribution in [3.8, 4) is 0 Å². The quantitative estimate of drug-likeness (QED) is 0.557. The smallest absolute Gasteiger partial charge is 0.0140 e. The van der Waals surface area contributed by atoms with Crippen LogP contribution in [0.5, 0.6) is 0 Å². The molecule has 0 heterocycles. The van der Waals surface area contributed by atoms with Crippen molar-refractivity contribution in [3.05, 3.63) is 0 Å². The zero-order valence-electron chi connectivity index (χ0n) is 6.44. The van der Waals surface area contributed by atoms with E-state index < -0.39 is 0 Å². The van der Waals surface area contributed by atoms with Gasteiger partial charge in [0.15, 0.2) is 0 Å². The van der Waals surface area contributed by atoms with E-state index in [4.69, 9.17) is 5.73 Å². The predicted molar refractivity (Wildman–Crippen MR) is 39.2 cm³/mol. The van der Waals surface area contributed by atoms with Crippen LogP contribution in [0.2, 0.25) is 0 Å². The minimum absolute atomic E-state index is 0.392. The van der Waals surface area contributed by atoms with Crippen molar-refractivity contribution < 1.29 is 0 Å². The maximum atomic E-state index is 5.79. The Kier molecular flexibility index (Phi) is 1.53. The summed E-state index contributed by atoms with van der Waals surface area (Å²) in [5.41, 5.74) is 6.18.